The van der Waals surface area contributed by atoms with Crippen LogP contribution in [0.4, 0.5) is 0 Å². The minimum Gasteiger partial charge on any atom is -0.478 e. The largest absolute Gasteiger partial charge is 0.478 e. The number of carboxylic acids is 2. The molecule has 0 aliphatic rings. The van der Waals surface area contributed by atoms with E-state index in [1.54, 1.807) is 0 Å². The van der Waals surface area contributed by atoms with Gasteiger partial charge >= 0.3 is 17.9 Å². The highest BCUT2D eigenvalue weighted by molar-refractivity contribution is 5.93. The van der Waals surface area contributed by atoms with E-state index in [0.29, 0.717) is 13.0 Å². The Labute approximate surface area is 161 Å². The Balaban J connectivity index is 6.24. The van der Waals surface area contributed by atoms with Crippen molar-refractivity contribution in [1.29, 1.82) is 0 Å². The molecule has 0 radical (unpaired) electrons. The van der Waals surface area contributed by atoms with E-state index in [9.17, 15) is 24.6 Å². The van der Waals surface area contributed by atoms with Gasteiger partial charge in [0.05, 0.1) is 6.61 Å². The molecule has 0 saturated carbocycles. The Morgan fingerprint density at radius 3 is 1.93 bits per heavy atom. The first kappa shape index (κ1) is 24.6. The zero-order valence-corrected chi connectivity index (χ0v) is 16.9. The number of ether oxygens (including phenoxy) is 1. The summed E-state index contributed by atoms with van der Waals surface area (Å²) in [6.07, 6.45) is 4.58. The van der Waals surface area contributed by atoms with Gasteiger partial charge in [-0.05, 0) is 47.3 Å². The Morgan fingerprint density at radius 2 is 1.56 bits per heavy atom. The molecule has 0 amide bonds. The van der Waals surface area contributed by atoms with E-state index in [-0.39, 0.29) is 29.7 Å². The third-order valence-electron chi connectivity index (χ3n) is 4.13. The standard InChI is InChI=1S/C20H31NO6/c1-7-8-11-27-19(26)16(4)20(9-10-21(5)6,12-14(2)17(22)23)13-15(3)18(24)25/h12-13H,4,7-11H2,1-3,5-6H3,(H,22,23)(H,24,25). The van der Waals surface area contributed by atoms with Crippen molar-refractivity contribution in [3.8, 4) is 0 Å². The number of allylic oxidation sites excluding steroid dienone is 2. The van der Waals surface area contributed by atoms with E-state index in [2.05, 4.69) is 6.58 Å². The van der Waals surface area contributed by atoms with E-state index >= 15 is 0 Å². The molecule has 0 heterocycles. The average molecular weight is 381 g/mol. The summed E-state index contributed by atoms with van der Waals surface area (Å²) in [5.74, 6) is -2.97. The van der Waals surface area contributed by atoms with Gasteiger partial charge in [0.15, 0.2) is 0 Å². The third kappa shape index (κ3) is 8.21. The molecule has 0 unspecified atom stereocenters. The normalized spacial score (nSPS) is 14.6. The molecular formula is C20H31NO6. The fourth-order valence-corrected chi connectivity index (χ4v) is 2.40. The van der Waals surface area contributed by atoms with Crippen LogP contribution in [0, 0.1) is 5.41 Å². The number of hydrogen-bond donors (Lipinski definition) is 2. The van der Waals surface area contributed by atoms with E-state index in [4.69, 9.17) is 4.74 Å². The summed E-state index contributed by atoms with van der Waals surface area (Å²) >= 11 is 0. The van der Waals surface area contributed by atoms with Crippen LogP contribution < -0.4 is 0 Å². The van der Waals surface area contributed by atoms with Crippen LogP contribution in [-0.2, 0) is 19.1 Å². The highest BCUT2D eigenvalue weighted by atomic mass is 16.5. The Hall–Kier alpha value is -2.41. The second kappa shape index (κ2) is 11.3. The minimum absolute atomic E-state index is 0.00861. The van der Waals surface area contributed by atoms with Gasteiger partial charge in [-0.2, -0.15) is 0 Å². The molecule has 0 aromatic heterocycles. The summed E-state index contributed by atoms with van der Waals surface area (Å²) in [6.45, 7) is 9.30. The quantitative estimate of drug-likeness (QED) is 0.304. The molecule has 27 heavy (non-hydrogen) atoms. The number of unbranched alkanes of at least 4 members (excludes halogenated alkanes) is 1. The lowest BCUT2D eigenvalue weighted by atomic mass is 9.74. The van der Waals surface area contributed by atoms with Gasteiger partial charge < -0.3 is 19.8 Å². The first-order valence-electron chi connectivity index (χ1n) is 8.83. The Bertz CT molecular complexity index is 600. The Kier molecular flexibility index (Phi) is 10.3. The molecule has 0 saturated heterocycles. The maximum absolute atomic E-state index is 12.5. The summed E-state index contributed by atoms with van der Waals surface area (Å²) in [4.78, 5) is 37.1. The number of esters is 1. The summed E-state index contributed by atoms with van der Waals surface area (Å²) in [7, 11) is 3.66. The topological polar surface area (TPSA) is 104 Å². The molecule has 0 bridgehead atoms. The van der Waals surface area contributed by atoms with Crippen LogP contribution in [0.1, 0.15) is 40.0 Å². The molecular weight excluding hydrogens is 350 g/mol. The van der Waals surface area contributed by atoms with Gasteiger partial charge in [0.25, 0.3) is 0 Å². The zero-order chi connectivity index (χ0) is 21.2. The van der Waals surface area contributed by atoms with Crippen molar-refractivity contribution in [3.63, 3.8) is 0 Å². The molecule has 152 valence electrons. The molecule has 7 nitrogen and oxygen atoms in total. The second-order valence-corrected chi connectivity index (χ2v) is 6.83. The molecule has 2 N–H and O–H groups in total. The van der Waals surface area contributed by atoms with Gasteiger partial charge in [0, 0.05) is 22.1 Å². The number of carbonyl (C=O) groups is 3. The van der Waals surface area contributed by atoms with Crippen LogP contribution in [0.15, 0.2) is 35.5 Å². The maximum Gasteiger partial charge on any atom is 0.334 e. The monoisotopic (exact) mass is 381 g/mol. The van der Waals surface area contributed by atoms with Crippen LogP contribution in [0.5, 0.6) is 0 Å². The number of carboxylic acid groups (broad SMARTS) is 2. The van der Waals surface area contributed by atoms with Gasteiger partial charge in [0.2, 0.25) is 0 Å². The lowest BCUT2D eigenvalue weighted by Gasteiger charge is -2.31. The van der Waals surface area contributed by atoms with Gasteiger partial charge in [-0.3, -0.25) is 0 Å². The summed E-state index contributed by atoms with van der Waals surface area (Å²) in [6, 6.07) is 0. The Morgan fingerprint density at radius 1 is 1.07 bits per heavy atom. The van der Waals surface area contributed by atoms with E-state index in [0.717, 1.165) is 6.42 Å². The highest BCUT2D eigenvalue weighted by Gasteiger charge is 2.35. The van der Waals surface area contributed by atoms with Crippen molar-refractivity contribution in [3.05, 3.63) is 35.5 Å². The molecule has 0 fully saturated rings. The van der Waals surface area contributed by atoms with Crippen molar-refractivity contribution in [2.75, 3.05) is 27.2 Å². The third-order valence-corrected chi connectivity index (χ3v) is 4.13. The first-order valence-corrected chi connectivity index (χ1v) is 8.83. The molecule has 0 spiro atoms. The van der Waals surface area contributed by atoms with Crippen molar-refractivity contribution in [2.24, 2.45) is 5.41 Å². The predicted octanol–water partition coefficient (Wildman–Crippen LogP) is 2.89. The van der Waals surface area contributed by atoms with Crippen molar-refractivity contribution >= 4 is 17.9 Å². The van der Waals surface area contributed by atoms with Gasteiger partial charge in [-0.25, -0.2) is 14.4 Å². The van der Waals surface area contributed by atoms with Gasteiger partial charge in [-0.1, -0.05) is 32.1 Å². The molecule has 0 atom stereocenters. The van der Waals surface area contributed by atoms with Crippen molar-refractivity contribution < 1.29 is 29.3 Å². The van der Waals surface area contributed by atoms with Gasteiger partial charge in [0.1, 0.15) is 0 Å². The summed E-state index contributed by atoms with van der Waals surface area (Å²) in [5, 5.41) is 18.6. The molecule has 0 rings (SSSR count). The maximum atomic E-state index is 12.5. The molecule has 0 aromatic carbocycles. The zero-order valence-electron chi connectivity index (χ0n) is 16.9. The average Bonchev–Trinajstić information content (AvgIpc) is 2.58. The molecule has 7 heteroatoms. The van der Waals surface area contributed by atoms with Crippen LogP contribution in [0.2, 0.25) is 0 Å². The SMILES string of the molecule is C=C(C(=O)OCCCC)C(C=C(C)C(=O)O)(C=C(C)C(=O)O)CCN(C)C. The highest BCUT2D eigenvalue weighted by Crippen LogP contribution is 2.37. The predicted molar refractivity (Wildman–Crippen MR) is 103 cm³/mol. The van der Waals surface area contributed by atoms with Crippen LogP contribution >= 0.6 is 0 Å². The smallest absolute Gasteiger partial charge is 0.334 e. The van der Waals surface area contributed by atoms with Crippen LogP contribution in [0.25, 0.3) is 0 Å². The number of aliphatic carboxylic acids is 2. The second-order valence-electron chi connectivity index (χ2n) is 6.83. The van der Waals surface area contributed by atoms with E-state index in [1.165, 1.54) is 26.0 Å². The molecule has 0 aliphatic carbocycles. The lowest BCUT2D eigenvalue weighted by Crippen LogP contribution is -2.31. The van der Waals surface area contributed by atoms with Crippen LogP contribution in [-0.4, -0.2) is 60.3 Å². The van der Waals surface area contributed by atoms with Crippen LogP contribution in [0.3, 0.4) is 0 Å². The van der Waals surface area contributed by atoms with E-state index < -0.39 is 23.3 Å². The minimum atomic E-state index is -1.28. The fraction of sp³-hybridized carbons (Fsp3) is 0.550. The summed E-state index contributed by atoms with van der Waals surface area (Å²) in [5.41, 5.74) is -1.28. The van der Waals surface area contributed by atoms with E-state index in [1.807, 2.05) is 25.9 Å². The number of nitrogens with zero attached hydrogens (tertiary/aromatic N) is 1. The molecule has 0 aliphatic heterocycles. The number of carbonyl (C=O) groups excluding carboxylic acids is 1. The first-order chi connectivity index (χ1) is 12.5. The molecule has 0 aromatic rings. The summed E-state index contributed by atoms with van der Waals surface area (Å²) < 4.78 is 5.24. The lowest BCUT2D eigenvalue weighted by molar-refractivity contribution is -0.140. The number of rotatable bonds is 12. The van der Waals surface area contributed by atoms with Crippen molar-refractivity contribution in [1.82, 2.24) is 4.90 Å². The number of hydrogen-bond acceptors (Lipinski definition) is 5. The fourth-order valence-electron chi connectivity index (χ4n) is 2.40. The van der Waals surface area contributed by atoms with Crippen molar-refractivity contribution in [2.45, 2.75) is 40.0 Å². The van der Waals surface area contributed by atoms with Gasteiger partial charge in [-0.15, -0.1) is 0 Å².